The maximum Gasteiger partial charge on any atom is 0.278 e. The van der Waals surface area contributed by atoms with Crippen molar-refractivity contribution in [2.75, 3.05) is 11.9 Å². The van der Waals surface area contributed by atoms with E-state index >= 15 is 0 Å². The number of anilines is 1. The number of carbonyl (C=O) groups is 2. The molecule has 0 saturated heterocycles. The Morgan fingerprint density at radius 3 is 2.35 bits per heavy atom. The van der Waals surface area contributed by atoms with Crippen molar-refractivity contribution in [3.8, 4) is 0 Å². The zero-order valence-corrected chi connectivity index (χ0v) is 15.1. The summed E-state index contributed by atoms with van der Waals surface area (Å²) in [5.74, 6) is -1.09. The van der Waals surface area contributed by atoms with Crippen molar-refractivity contribution in [3.05, 3.63) is 70.7 Å². The number of aryl methyl sites for hydroxylation is 1. The van der Waals surface area contributed by atoms with Crippen molar-refractivity contribution in [2.24, 2.45) is 0 Å². The second-order valence-electron chi connectivity index (χ2n) is 6.39. The monoisotopic (exact) mass is 352 g/mol. The number of amides is 2. The number of nitrogens with one attached hydrogen (secondary N) is 1. The molecule has 5 heteroatoms. The molecule has 1 heterocycles. The highest BCUT2D eigenvalue weighted by molar-refractivity contribution is 6.36. The molecule has 2 amide bonds. The van der Waals surface area contributed by atoms with Crippen molar-refractivity contribution in [2.45, 2.75) is 27.2 Å². The Morgan fingerprint density at radius 1 is 1.00 bits per heavy atom. The molecule has 3 rings (SSSR count). The van der Waals surface area contributed by atoms with Crippen molar-refractivity contribution >= 4 is 23.1 Å². The molecule has 0 radical (unpaired) electrons. The summed E-state index contributed by atoms with van der Waals surface area (Å²) in [5, 5.41) is 3.16. The predicted octanol–water partition coefficient (Wildman–Crippen LogP) is 4.04. The third-order valence-electron chi connectivity index (χ3n) is 4.61. The molecule has 0 bridgehead atoms. The molecule has 2 aromatic rings. The van der Waals surface area contributed by atoms with E-state index in [2.05, 4.69) is 5.32 Å². The summed E-state index contributed by atoms with van der Waals surface area (Å²) in [6.07, 6.45) is 0.672. The van der Waals surface area contributed by atoms with Crippen molar-refractivity contribution in [1.82, 2.24) is 4.90 Å². The smallest absolute Gasteiger partial charge is 0.278 e. The first-order valence-electron chi connectivity index (χ1n) is 8.63. The molecule has 134 valence electrons. The maximum absolute atomic E-state index is 13.3. The van der Waals surface area contributed by atoms with Crippen LogP contribution in [-0.2, 0) is 9.59 Å². The van der Waals surface area contributed by atoms with Gasteiger partial charge in [-0.2, -0.15) is 0 Å². The first-order valence-corrected chi connectivity index (χ1v) is 8.63. The number of halogens is 1. The average molecular weight is 352 g/mol. The van der Waals surface area contributed by atoms with Gasteiger partial charge >= 0.3 is 0 Å². The van der Waals surface area contributed by atoms with Gasteiger partial charge in [0.15, 0.2) is 0 Å². The quantitative estimate of drug-likeness (QED) is 0.826. The number of benzene rings is 2. The summed E-state index contributed by atoms with van der Waals surface area (Å²) < 4.78 is 13.3. The minimum absolute atomic E-state index is 0.240. The average Bonchev–Trinajstić information content (AvgIpc) is 2.85. The number of hydrogen-bond acceptors (Lipinski definition) is 3. The van der Waals surface area contributed by atoms with Crippen LogP contribution in [0.4, 0.5) is 10.1 Å². The van der Waals surface area contributed by atoms with E-state index in [-0.39, 0.29) is 28.9 Å². The number of hydrogen-bond donors (Lipinski definition) is 1. The van der Waals surface area contributed by atoms with Crippen LogP contribution in [0.25, 0.3) is 5.57 Å². The number of rotatable bonds is 5. The standard InChI is InChI=1S/C21H21FN2O2/c1-4-12-24-20(25)18(15-8-10-16(22)11-9-15)19(21(24)26)23-17-7-5-6-13(2)14(17)3/h5-11,23H,4,12H2,1-3H3. The predicted molar refractivity (Wildman–Crippen MR) is 99.9 cm³/mol. The van der Waals surface area contributed by atoms with Crippen LogP contribution in [0.2, 0.25) is 0 Å². The molecule has 0 fully saturated rings. The summed E-state index contributed by atoms with van der Waals surface area (Å²) in [7, 11) is 0. The molecule has 1 N–H and O–H groups in total. The van der Waals surface area contributed by atoms with E-state index in [0.29, 0.717) is 18.5 Å². The SMILES string of the molecule is CCCN1C(=O)C(Nc2cccc(C)c2C)=C(c2ccc(F)cc2)C1=O. The molecule has 1 aliphatic rings. The molecule has 1 aliphatic heterocycles. The lowest BCUT2D eigenvalue weighted by atomic mass is 10.0. The topological polar surface area (TPSA) is 49.4 Å². The van der Waals surface area contributed by atoms with Gasteiger partial charge in [-0.3, -0.25) is 14.5 Å². The second kappa shape index (κ2) is 7.12. The number of nitrogens with zero attached hydrogens (tertiary/aromatic N) is 1. The highest BCUT2D eigenvalue weighted by atomic mass is 19.1. The first kappa shape index (κ1) is 17.9. The molecule has 0 spiro atoms. The zero-order valence-electron chi connectivity index (χ0n) is 15.1. The van der Waals surface area contributed by atoms with E-state index < -0.39 is 0 Å². The molecule has 0 unspecified atom stereocenters. The summed E-state index contributed by atoms with van der Waals surface area (Å²) in [6.45, 7) is 6.20. The van der Waals surface area contributed by atoms with Gasteiger partial charge in [0, 0.05) is 12.2 Å². The summed E-state index contributed by atoms with van der Waals surface area (Å²) >= 11 is 0. The fourth-order valence-corrected chi connectivity index (χ4v) is 3.02. The normalized spacial score (nSPS) is 14.4. The lowest BCUT2D eigenvalue weighted by Crippen LogP contribution is -2.33. The van der Waals surface area contributed by atoms with E-state index in [4.69, 9.17) is 0 Å². The van der Waals surface area contributed by atoms with E-state index in [1.807, 2.05) is 39.0 Å². The molecular formula is C21H21FN2O2. The highest BCUT2D eigenvalue weighted by Gasteiger charge is 2.38. The van der Waals surface area contributed by atoms with E-state index in [0.717, 1.165) is 16.8 Å². The second-order valence-corrected chi connectivity index (χ2v) is 6.39. The minimum atomic E-state index is -0.388. The molecule has 0 atom stereocenters. The van der Waals surface area contributed by atoms with Crippen LogP contribution in [0.1, 0.15) is 30.0 Å². The molecule has 0 aromatic heterocycles. The molecule has 0 aliphatic carbocycles. The van der Waals surface area contributed by atoms with Gasteiger partial charge in [0.25, 0.3) is 11.8 Å². The van der Waals surface area contributed by atoms with Gasteiger partial charge in [0.2, 0.25) is 0 Å². The van der Waals surface area contributed by atoms with Crippen molar-refractivity contribution in [1.29, 1.82) is 0 Å². The van der Waals surface area contributed by atoms with Crippen molar-refractivity contribution in [3.63, 3.8) is 0 Å². The van der Waals surface area contributed by atoms with Crippen LogP contribution in [-0.4, -0.2) is 23.3 Å². The Morgan fingerprint density at radius 2 is 1.69 bits per heavy atom. The van der Waals surface area contributed by atoms with E-state index in [1.54, 1.807) is 0 Å². The lowest BCUT2D eigenvalue weighted by molar-refractivity contribution is -0.136. The van der Waals surface area contributed by atoms with Gasteiger partial charge in [0.1, 0.15) is 11.5 Å². The van der Waals surface area contributed by atoms with E-state index in [1.165, 1.54) is 29.2 Å². The fourth-order valence-electron chi connectivity index (χ4n) is 3.02. The van der Waals surface area contributed by atoms with Crippen LogP contribution in [0.5, 0.6) is 0 Å². The first-order chi connectivity index (χ1) is 12.4. The molecule has 4 nitrogen and oxygen atoms in total. The third-order valence-corrected chi connectivity index (χ3v) is 4.61. The Hall–Kier alpha value is -2.95. The number of imide groups is 1. The van der Waals surface area contributed by atoms with Gasteiger partial charge in [-0.15, -0.1) is 0 Å². The Labute approximate surface area is 152 Å². The Bertz CT molecular complexity index is 901. The van der Waals surface area contributed by atoms with Gasteiger partial charge < -0.3 is 5.32 Å². The van der Waals surface area contributed by atoms with Crippen molar-refractivity contribution < 1.29 is 14.0 Å². The minimum Gasteiger partial charge on any atom is -0.350 e. The van der Waals surface area contributed by atoms with Gasteiger partial charge in [-0.1, -0.05) is 31.2 Å². The van der Waals surface area contributed by atoms with Gasteiger partial charge in [-0.05, 0) is 55.2 Å². The van der Waals surface area contributed by atoms with Crippen LogP contribution in [0.15, 0.2) is 48.2 Å². The molecular weight excluding hydrogens is 331 g/mol. The summed E-state index contributed by atoms with van der Waals surface area (Å²) in [4.78, 5) is 27.0. The van der Waals surface area contributed by atoms with Gasteiger partial charge in [-0.25, -0.2) is 4.39 Å². The molecule has 2 aromatic carbocycles. The van der Waals surface area contributed by atoms with E-state index in [9.17, 15) is 14.0 Å². The largest absolute Gasteiger partial charge is 0.350 e. The lowest BCUT2D eigenvalue weighted by Gasteiger charge is -2.15. The fraction of sp³-hybridized carbons (Fsp3) is 0.238. The van der Waals surface area contributed by atoms with Crippen LogP contribution >= 0.6 is 0 Å². The van der Waals surface area contributed by atoms with Crippen LogP contribution in [0.3, 0.4) is 0 Å². The third kappa shape index (κ3) is 3.12. The maximum atomic E-state index is 13.3. The van der Waals surface area contributed by atoms with Crippen LogP contribution < -0.4 is 5.32 Å². The Kier molecular flexibility index (Phi) is 4.89. The highest BCUT2D eigenvalue weighted by Crippen LogP contribution is 2.31. The zero-order chi connectivity index (χ0) is 18.8. The molecule has 26 heavy (non-hydrogen) atoms. The van der Waals surface area contributed by atoms with Gasteiger partial charge in [0.05, 0.1) is 5.57 Å². The Balaban J connectivity index is 2.10. The number of carbonyl (C=O) groups excluding carboxylic acids is 2. The molecule has 0 saturated carbocycles. The van der Waals surface area contributed by atoms with Crippen LogP contribution in [0, 0.1) is 19.7 Å². The summed E-state index contributed by atoms with van der Waals surface area (Å²) in [6, 6.07) is 11.4. The summed E-state index contributed by atoms with van der Waals surface area (Å²) in [5.41, 5.74) is 3.91.